The Bertz CT molecular complexity index is 863. The van der Waals surface area contributed by atoms with Crippen molar-refractivity contribution in [2.75, 3.05) is 0 Å². The summed E-state index contributed by atoms with van der Waals surface area (Å²) in [6, 6.07) is 14.3. The highest BCUT2D eigenvalue weighted by Gasteiger charge is 2.33. The van der Waals surface area contributed by atoms with E-state index in [-0.39, 0.29) is 28.0 Å². The van der Waals surface area contributed by atoms with Gasteiger partial charge in [-0.3, -0.25) is 4.79 Å². The second-order valence-electron chi connectivity index (χ2n) is 4.73. The second-order valence-corrected chi connectivity index (χ2v) is 4.73. The molecule has 0 fully saturated rings. The molecule has 2 aromatic carbocycles. The molecule has 1 aromatic heterocycles. The first kappa shape index (κ1) is 14.0. The molecule has 0 bridgehead atoms. The van der Waals surface area contributed by atoms with Crippen LogP contribution in [0.2, 0.25) is 0 Å². The lowest BCUT2D eigenvalue weighted by atomic mass is 10.1. The third-order valence-electron chi connectivity index (χ3n) is 3.44. The molecule has 1 heterocycles. The third kappa shape index (κ3) is 2.06. The van der Waals surface area contributed by atoms with E-state index in [1.165, 1.54) is 12.1 Å². The quantitative estimate of drug-likeness (QED) is 0.440. The molecular weight excluding hydrogens is 284 g/mol. The zero-order valence-electron chi connectivity index (χ0n) is 11.5. The minimum Gasteiger partial charge on any atom is -0.618 e. The predicted molar refractivity (Wildman–Crippen MR) is 77.7 cm³/mol. The van der Waals surface area contributed by atoms with Gasteiger partial charge in [-0.2, -0.15) is 9.46 Å². The Hall–Kier alpha value is -2.99. The van der Waals surface area contributed by atoms with Gasteiger partial charge >= 0.3 is 5.69 Å². The molecule has 0 saturated carbocycles. The van der Waals surface area contributed by atoms with Crippen molar-refractivity contribution in [2.45, 2.75) is 6.61 Å². The molecule has 110 valence electrons. The first-order valence-electron chi connectivity index (χ1n) is 6.62. The van der Waals surface area contributed by atoms with E-state index in [2.05, 4.69) is 0 Å². The number of carbonyl (C=O) groups is 1. The van der Waals surface area contributed by atoms with Crippen LogP contribution in [0.4, 0.5) is 0 Å². The molecule has 1 N–H and O–H groups in total. The van der Waals surface area contributed by atoms with Crippen molar-refractivity contribution in [3.8, 4) is 0 Å². The molecular formula is C16H12N2O4. The van der Waals surface area contributed by atoms with Crippen LogP contribution >= 0.6 is 0 Å². The fraction of sp³-hybridized carbons (Fsp3) is 0.0625. The Morgan fingerprint density at radius 1 is 0.909 bits per heavy atom. The molecule has 0 aliphatic rings. The predicted octanol–water partition coefficient (Wildman–Crippen LogP) is 0.830. The fourth-order valence-corrected chi connectivity index (χ4v) is 2.38. The molecule has 0 aliphatic carbocycles. The number of hydrogen-bond acceptors (Lipinski definition) is 4. The molecule has 3 rings (SSSR count). The first-order valence-corrected chi connectivity index (χ1v) is 6.62. The summed E-state index contributed by atoms with van der Waals surface area (Å²) in [4.78, 5) is 12.6. The van der Waals surface area contributed by atoms with E-state index in [4.69, 9.17) is 0 Å². The lowest BCUT2D eigenvalue weighted by Crippen LogP contribution is -2.47. The van der Waals surface area contributed by atoms with Crippen LogP contribution in [0.15, 0.2) is 54.6 Å². The molecule has 0 radical (unpaired) electrons. The van der Waals surface area contributed by atoms with Gasteiger partial charge in [-0.05, 0) is 0 Å². The molecule has 0 atom stereocenters. The van der Waals surface area contributed by atoms with Crippen LogP contribution in [0.3, 0.4) is 0 Å². The highest BCUT2D eigenvalue weighted by Crippen LogP contribution is 2.13. The minimum absolute atomic E-state index is 0.0778. The van der Waals surface area contributed by atoms with Gasteiger partial charge in [0.15, 0.2) is 0 Å². The van der Waals surface area contributed by atoms with Crippen LogP contribution in [-0.4, -0.2) is 10.9 Å². The number of rotatable bonds is 3. The Kier molecular flexibility index (Phi) is 3.44. The minimum atomic E-state index is -0.704. The smallest absolute Gasteiger partial charge is 0.336 e. The largest absolute Gasteiger partial charge is 0.618 e. The van der Waals surface area contributed by atoms with Crippen molar-refractivity contribution in [3.63, 3.8) is 0 Å². The average Bonchev–Trinajstić information content (AvgIpc) is 2.58. The number of carbonyl (C=O) groups excluding carboxylic acids is 1. The molecule has 6 heteroatoms. The summed E-state index contributed by atoms with van der Waals surface area (Å²) in [6.45, 7) is -0.704. The summed E-state index contributed by atoms with van der Waals surface area (Å²) in [7, 11) is 0. The zero-order chi connectivity index (χ0) is 15.7. The zero-order valence-corrected chi connectivity index (χ0v) is 11.5. The van der Waals surface area contributed by atoms with Gasteiger partial charge in [0, 0.05) is 17.7 Å². The van der Waals surface area contributed by atoms with Crippen LogP contribution in [0.5, 0.6) is 0 Å². The van der Waals surface area contributed by atoms with E-state index in [1.54, 1.807) is 42.5 Å². The standard InChI is InChI=1S/C16H12N2O4/c19-10-14-15(16(20)11-6-2-1-3-7-11)18(22)13-9-5-4-8-12(13)17(14)21/h1-9,19H,10H2. The summed E-state index contributed by atoms with van der Waals surface area (Å²) in [5, 5.41) is 34.3. The summed E-state index contributed by atoms with van der Waals surface area (Å²) >= 11 is 0. The van der Waals surface area contributed by atoms with Gasteiger partial charge in [0.05, 0.1) is 0 Å². The maximum absolute atomic E-state index is 12.6. The van der Waals surface area contributed by atoms with Gasteiger partial charge in [0.2, 0.25) is 0 Å². The second kappa shape index (κ2) is 5.42. The average molecular weight is 296 g/mol. The number of aromatic nitrogens is 2. The van der Waals surface area contributed by atoms with Gasteiger partial charge in [-0.1, -0.05) is 42.5 Å². The highest BCUT2D eigenvalue weighted by atomic mass is 16.5. The molecule has 0 aliphatic heterocycles. The number of aliphatic hydroxyl groups is 1. The number of nitrogens with zero attached hydrogens (tertiary/aromatic N) is 2. The number of para-hydroxylation sites is 2. The highest BCUT2D eigenvalue weighted by molar-refractivity contribution is 6.07. The number of aliphatic hydroxyl groups excluding tert-OH is 1. The van der Waals surface area contributed by atoms with E-state index >= 15 is 0 Å². The Labute approximate surface area is 125 Å². The molecule has 0 unspecified atom stereocenters. The van der Waals surface area contributed by atoms with E-state index in [1.807, 2.05) is 0 Å². The Morgan fingerprint density at radius 3 is 2.05 bits per heavy atom. The van der Waals surface area contributed by atoms with Crippen LogP contribution in [-0.2, 0) is 6.61 Å². The lowest BCUT2D eigenvalue weighted by Gasteiger charge is -2.11. The number of hydrogen-bond donors (Lipinski definition) is 1. The van der Waals surface area contributed by atoms with Gasteiger partial charge < -0.3 is 15.5 Å². The summed E-state index contributed by atoms with van der Waals surface area (Å²) in [5.41, 5.74) is -0.165. The van der Waals surface area contributed by atoms with Crippen LogP contribution in [0.1, 0.15) is 21.7 Å². The first-order chi connectivity index (χ1) is 10.6. The maximum atomic E-state index is 12.6. The summed E-state index contributed by atoms with van der Waals surface area (Å²) < 4.78 is 0.838. The van der Waals surface area contributed by atoms with Crippen LogP contribution in [0.25, 0.3) is 11.0 Å². The van der Waals surface area contributed by atoms with Crippen LogP contribution in [0, 0.1) is 10.4 Å². The lowest BCUT2D eigenvalue weighted by molar-refractivity contribution is -0.637. The van der Waals surface area contributed by atoms with Gasteiger partial charge in [0.25, 0.3) is 22.5 Å². The molecule has 0 saturated heterocycles. The van der Waals surface area contributed by atoms with Gasteiger partial charge in [0.1, 0.15) is 6.61 Å². The van der Waals surface area contributed by atoms with Gasteiger partial charge in [-0.15, -0.1) is 0 Å². The maximum Gasteiger partial charge on any atom is 0.336 e. The SMILES string of the molecule is O=C(c1ccccc1)c1c(CO)[n+]([O-])c2ccccc2[n+]1[O-]. The Balaban J connectivity index is 2.34. The van der Waals surface area contributed by atoms with Crippen LogP contribution < -0.4 is 9.46 Å². The van der Waals surface area contributed by atoms with Gasteiger partial charge in [-0.25, -0.2) is 0 Å². The molecule has 22 heavy (non-hydrogen) atoms. The fourth-order valence-electron chi connectivity index (χ4n) is 2.38. The van der Waals surface area contributed by atoms with Crippen molar-refractivity contribution in [2.24, 2.45) is 0 Å². The van der Waals surface area contributed by atoms with Crippen molar-refractivity contribution in [1.82, 2.24) is 0 Å². The third-order valence-corrected chi connectivity index (χ3v) is 3.44. The molecule has 6 nitrogen and oxygen atoms in total. The van der Waals surface area contributed by atoms with Crippen molar-refractivity contribution in [1.29, 1.82) is 0 Å². The van der Waals surface area contributed by atoms with Crippen molar-refractivity contribution >= 4 is 16.8 Å². The molecule has 0 spiro atoms. The molecule has 0 amide bonds. The van der Waals surface area contributed by atoms with E-state index in [0.29, 0.717) is 9.46 Å². The number of benzene rings is 2. The topological polar surface area (TPSA) is 91.2 Å². The van der Waals surface area contributed by atoms with E-state index in [0.717, 1.165) is 0 Å². The van der Waals surface area contributed by atoms with E-state index in [9.17, 15) is 20.3 Å². The van der Waals surface area contributed by atoms with E-state index < -0.39 is 12.4 Å². The number of fused-ring (bicyclic) bond motifs is 1. The Morgan fingerprint density at radius 2 is 1.45 bits per heavy atom. The van der Waals surface area contributed by atoms with Crippen molar-refractivity contribution in [3.05, 3.63) is 82.0 Å². The molecule has 3 aromatic rings. The monoisotopic (exact) mass is 296 g/mol. The summed E-state index contributed by atoms with van der Waals surface area (Å²) in [6.07, 6.45) is 0. The summed E-state index contributed by atoms with van der Waals surface area (Å²) in [5.74, 6) is -0.602. The normalized spacial score (nSPS) is 10.8. The van der Waals surface area contributed by atoms with Crippen molar-refractivity contribution < 1.29 is 19.4 Å². The number of ketones is 1.